The normalized spacial score (nSPS) is 19.2. The number of carboxylic acids is 1. The van der Waals surface area contributed by atoms with E-state index in [4.69, 9.17) is 16.6 Å². The zero-order valence-corrected chi connectivity index (χ0v) is 8.66. The molecule has 5 heteroatoms. The summed E-state index contributed by atoms with van der Waals surface area (Å²) in [5, 5.41) is 9.04. The molecule has 1 aliphatic carbocycles. The number of aromatic carboxylic acids is 1. The molecule has 0 aliphatic heterocycles. The summed E-state index contributed by atoms with van der Waals surface area (Å²) in [6.45, 7) is 0. The molecule has 1 aliphatic rings. The molecule has 16 heavy (non-hydrogen) atoms. The van der Waals surface area contributed by atoms with Gasteiger partial charge in [0.1, 0.15) is 5.82 Å². The lowest BCUT2D eigenvalue weighted by Gasteiger charge is -2.24. The molecule has 0 radical (unpaired) electrons. The fourth-order valence-corrected chi connectivity index (χ4v) is 2.21. The van der Waals surface area contributed by atoms with E-state index in [0.29, 0.717) is 30.4 Å². The smallest absolute Gasteiger partial charge is 0.338 e. The van der Waals surface area contributed by atoms with E-state index in [1.807, 2.05) is 0 Å². The molecule has 4 nitrogen and oxygen atoms in total. The van der Waals surface area contributed by atoms with E-state index in [1.54, 1.807) is 0 Å². The lowest BCUT2D eigenvalue weighted by atomic mass is 9.84. The number of anilines is 1. The highest BCUT2D eigenvalue weighted by Crippen LogP contribution is 2.30. The van der Waals surface area contributed by atoms with Gasteiger partial charge in [-0.2, -0.15) is 0 Å². The van der Waals surface area contributed by atoms with Gasteiger partial charge < -0.3 is 16.6 Å². The van der Waals surface area contributed by atoms with Crippen LogP contribution in [0.2, 0.25) is 0 Å². The summed E-state index contributed by atoms with van der Waals surface area (Å²) in [5.74, 6) is -1.56. The van der Waals surface area contributed by atoms with Gasteiger partial charge in [0.05, 0.1) is 5.56 Å². The van der Waals surface area contributed by atoms with Gasteiger partial charge in [-0.15, -0.1) is 0 Å². The molecule has 1 atom stereocenters. The third-order valence-electron chi connectivity index (χ3n) is 2.97. The van der Waals surface area contributed by atoms with Gasteiger partial charge in [-0.1, -0.05) is 0 Å². The first kappa shape index (κ1) is 10.9. The molecule has 0 fully saturated rings. The van der Waals surface area contributed by atoms with Crippen LogP contribution < -0.4 is 11.5 Å². The van der Waals surface area contributed by atoms with Crippen molar-refractivity contribution < 1.29 is 14.3 Å². The van der Waals surface area contributed by atoms with Gasteiger partial charge in [0.15, 0.2) is 0 Å². The maximum Gasteiger partial charge on any atom is 0.338 e. The lowest BCUT2D eigenvalue weighted by Crippen LogP contribution is -2.30. The Morgan fingerprint density at radius 1 is 1.50 bits per heavy atom. The number of hydrogen-bond donors (Lipinski definition) is 3. The summed E-state index contributed by atoms with van der Waals surface area (Å²) in [7, 11) is 0. The minimum absolute atomic E-state index is 0.0146. The molecule has 0 bridgehead atoms. The predicted octanol–water partition coefficient (Wildman–Crippen LogP) is 0.922. The molecule has 0 heterocycles. The first-order valence-electron chi connectivity index (χ1n) is 5.09. The molecule has 0 aromatic heterocycles. The minimum atomic E-state index is -1.11. The van der Waals surface area contributed by atoms with E-state index < -0.39 is 11.8 Å². The Bertz CT molecular complexity index is 460. The Labute approximate surface area is 92.1 Å². The third-order valence-corrected chi connectivity index (χ3v) is 2.97. The summed E-state index contributed by atoms with van der Waals surface area (Å²) in [6.07, 6.45) is 1.51. The van der Waals surface area contributed by atoms with Crippen LogP contribution in [0.1, 0.15) is 27.9 Å². The van der Waals surface area contributed by atoms with Gasteiger partial charge in [-0.05, 0) is 36.5 Å². The molecule has 1 unspecified atom stereocenters. The van der Waals surface area contributed by atoms with Gasteiger partial charge in [0.2, 0.25) is 0 Å². The molecule has 0 amide bonds. The van der Waals surface area contributed by atoms with Crippen molar-refractivity contribution in [2.24, 2.45) is 5.73 Å². The van der Waals surface area contributed by atoms with Crippen LogP contribution in [0.15, 0.2) is 6.07 Å². The molecule has 1 aromatic carbocycles. The number of carboxylic acid groups (broad SMARTS) is 1. The molecule has 5 N–H and O–H groups in total. The number of halogens is 1. The summed E-state index contributed by atoms with van der Waals surface area (Å²) in [4.78, 5) is 11.1. The van der Waals surface area contributed by atoms with Crippen LogP contribution in [-0.4, -0.2) is 17.1 Å². The molecule has 0 saturated carbocycles. The van der Waals surface area contributed by atoms with Crippen LogP contribution in [0.3, 0.4) is 0 Å². The Kier molecular flexibility index (Phi) is 2.55. The number of hydrogen-bond acceptors (Lipinski definition) is 3. The molecular weight excluding hydrogens is 211 g/mol. The Morgan fingerprint density at radius 3 is 2.81 bits per heavy atom. The first-order valence-corrected chi connectivity index (χ1v) is 5.09. The lowest BCUT2D eigenvalue weighted by molar-refractivity contribution is 0.0696. The van der Waals surface area contributed by atoms with Gasteiger partial charge in [-0.25, -0.2) is 9.18 Å². The zero-order chi connectivity index (χ0) is 11.9. The van der Waals surface area contributed by atoms with E-state index in [1.165, 1.54) is 0 Å². The third kappa shape index (κ3) is 1.63. The molecule has 0 spiro atoms. The van der Waals surface area contributed by atoms with Gasteiger partial charge in [0, 0.05) is 11.7 Å². The fourth-order valence-electron chi connectivity index (χ4n) is 2.21. The van der Waals surface area contributed by atoms with E-state index >= 15 is 0 Å². The zero-order valence-electron chi connectivity index (χ0n) is 8.66. The van der Waals surface area contributed by atoms with Crippen LogP contribution in [0.5, 0.6) is 0 Å². The van der Waals surface area contributed by atoms with Crippen LogP contribution in [-0.2, 0) is 12.8 Å². The van der Waals surface area contributed by atoms with Crippen LogP contribution >= 0.6 is 0 Å². The van der Waals surface area contributed by atoms with Crippen molar-refractivity contribution in [3.8, 4) is 0 Å². The van der Waals surface area contributed by atoms with E-state index in [-0.39, 0.29) is 17.3 Å². The number of carbonyl (C=O) groups is 1. The Balaban J connectivity index is 2.64. The minimum Gasteiger partial charge on any atom is -0.478 e. The van der Waals surface area contributed by atoms with Gasteiger partial charge in [-0.3, -0.25) is 0 Å². The topological polar surface area (TPSA) is 89.3 Å². The molecule has 0 saturated heterocycles. The van der Waals surface area contributed by atoms with E-state index in [9.17, 15) is 9.18 Å². The number of nitrogens with two attached hydrogens (primary N) is 2. The van der Waals surface area contributed by atoms with Crippen molar-refractivity contribution in [2.45, 2.75) is 25.3 Å². The SMILES string of the molecule is Nc1cc(F)c2c(c1C(=O)O)CCC(N)C2. The molecule has 86 valence electrons. The van der Waals surface area contributed by atoms with Crippen molar-refractivity contribution in [1.29, 1.82) is 0 Å². The first-order chi connectivity index (χ1) is 7.50. The average Bonchev–Trinajstić information content (AvgIpc) is 2.18. The van der Waals surface area contributed by atoms with Crippen molar-refractivity contribution in [3.63, 3.8) is 0 Å². The standard InChI is InChI=1S/C11H13FN2O2/c12-8-4-9(14)10(11(15)16)6-2-1-5(13)3-7(6)8/h4-5H,1-3,13-14H2,(H,15,16). The second-order valence-corrected chi connectivity index (χ2v) is 4.09. The van der Waals surface area contributed by atoms with Crippen LogP contribution in [0.4, 0.5) is 10.1 Å². The molecule has 2 rings (SSSR count). The Hall–Kier alpha value is -1.62. The monoisotopic (exact) mass is 224 g/mol. The average molecular weight is 224 g/mol. The maximum atomic E-state index is 13.6. The van der Waals surface area contributed by atoms with Crippen molar-refractivity contribution >= 4 is 11.7 Å². The fraction of sp³-hybridized carbons (Fsp3) is 0.364. The van der Waals surface area contributed by atoms with Crippen molar-refractivity contribution in [3.05, 3.63) is 28.6 Å². The highest BCUT2D eigenvalue weighted by atomic mass is 19.1. The second kappa shape index (κ2) is 3.75. The Morgan fingerprint density at radius 2 is 2.19 bits per heavy atom. The van der Waals surface area contributed by atoms with E-state index in [0.717, 1.165) is 6.07 Å². The largest absolute Gasteiger partial charge is 0.478 e. The molecule has 1 aromatic rings. The van der Waals surface area contributed by atoms with Crippen LogP contribution in [0, 0.1) is 5.82 Å². The molecular formula is C11H13FN2O2. The maximum absolute atomic E-state index is 13.6. The number of benzene rings is 1. The second-order valence-electron chi connectivity index (χ2n) is 4.09. The van der Waals surface area contributed by atoms with Gasteiger partial charge >= 0.3 is 5.97 Å². The van der Waals surface area contributed by atoms with E-state index in [2.05, 4.69) is 0 Å². The number of rotatable bonds is 1. The van der Waals surface area contributed by atoms with Crippen molar-refractivity contribution in [1.82, 2.24) is 0 Å². The van der Waals surface area contributed by atoms with Crippen LogP contribution in [0.25, 0.3) is 0 Å². The highest BCUT2D eigenvalue weighted by Gasteiger charge is 2.26. The quantitative estimate of drug-likeness (QED) is 0.619. The van der Waals surface area contributed by atoms with Gasteiger partial charge in [0.25, 0.3) is 0 Å². The number of nitrogen functional groups attached to an aromatic ring is 1. The van der Waals surface area contributed by atoms with Crippen molar-refractivity contribution in [2.75, 3.05) is 5.73 Å². The summed E-state index contributed by atoms with van der Waals surface area (Å²) >= 11 is 0. The predicted molar refractivity (Wildman–Crippen MR) is 57.8 cm³/mol. The summed E-state index contributed by atoms with van der Waals surface area (Å²) in [6, 6.07) is 0.965. The number of fused-ring (bicyclic) bond motifs is 1. The summed E-state index contributed by atoms with van der Waals surface area (Å²) in [5.41, 5.74) is 12.2. The summed E-state index contributed by atoms with van der Waals surface area (Å²) < 4.78 is 13.6. The highest BCUT2D eigenvalue weighted by molar-refractivity contribution is 5.96.